The molecule has 0 saturated carbocycles. The molecule has 3 aromatic carbocycles. The first-order chi connectivity index (χ1) is 12.5. The number of aromatic nitrogens is 3. The number of hydrogen-bond acceptors (Lipinski definition) is 1. The Bertz CT molecular complexity index is 1060. The van der Waals surface area contributed by atoms with E-state index in [4.69, 9.17) is 0 Å². The van der Waals surface area contributed by atoms with Crippen molar-refractivity contribution in [2.75, 3.05) is 0 Å². The summed E-state index contributed by atoms with van der Waals surface area (Å²) >= 11 is 0. The third kappa shape index (κ3) is 3.01. The molecule has 0 unspecified atom stereocenters. The molecule has 0 aliphatic carbocycles. The van der Waals surface area contributed by atoms with Crippen LogP contribution in [0.4, 0.5) is 13.2 Å². The van der Waals surface area contributed by atoms with E-state index in [0.717, 1.165) is 17.7 Å². The van der Waals surface area contributed by atoms with Gasteiger partial charge in [0.25, 0.3) is 5.69 Å². The van der Waals surface area contributed by atoms with Crippen LogP contribution in [0.25, 0.3) is 28.1 Å². The fraction of sp³-hybridized carbons (Fsp3) is 0.0500. The van der Waals surface area contributed by atoms with E-state index in [1.54, 1.807) is 0 Å². The number of fused-ring (bicyclic) bond motifs is 1. The third-order valence-electron chi connectivity index (χ3n) is 4.05. The average molecular weight is 353 g/mol. The maximum atomic E-state index is 13.2. The lowest BCUT2D eigenvalue weighted by molar-refractivity contribution is -0.643. The Kier molecular flexibility index (Phi) is 3.88. The summed E-state index contributed by atoms with van der Waals surface area (Å²) in [6.45, 7) is 0. The van der Waals surface area contributed by atoms with Crippen molar-refractivity contribution in [1.29, 1.82) is 0 Å². The van der Waals surface area contributed by atoms with E-state index < -0.39 is 11.7 Å². The van der Waals surface area contributed by atoms with Crippen LogP contribution in [0.15, 0.2) is 78.9 Å². The lowest BCUT2D eigenvalue weighted by Crippen LogP contribution is -2.40. The zero-order chi connectivity index (χ0) is 18.1. The maximum absolute atomic E-state index is 13.2. The molecule has 4 rings (SSSR count). The van der Waals surface area contributed by atoms with E-state index in [9.17, 15) is 13.2 Å². The standard InChI is InChI=1S/C20H13F3N3/c21-20(22,23)15-11-12-17-18(13-15)26(16-9-5-2-6-10-16)25-19(24-17)14-7-3-1-4-8-14/h1-13H/q+1/p+1. The first-order valence-corrected chi connectivity index (χ1v) is 8.00. The van der Waals surface area contributed by atoms with Gasteiger partial charge < -0.3 is 0 Å². The summed E-state index contributed by atoms with van der Waals surface area (Å²) in [7, 11) is 0. The Labute approximate surface area is 147 Å². The number of rotatable bonds is 2. The van der Waals surface area contributed by atoms with Crippen molar-refractivity contribution in [3.05, 3.63) is 84.4 Å². The van der Waals surface area contributed by atoms with Gasteiger partial charge in [-0.05, 0) is 24.3 Å². The fourth-order valence-corrected chi connectivity index (χ4v) is 2.79. The van der Waals surface area contributed by atoms with Crippen LogP contribution in [-0.2, 0) is 6.18 Å². The normalized spacial score (nSPS) is 11.7. The Morgan fingerprint density at radius 2 is 1.46 bits per heavy atom. The van der Waals surface area contributed by atoms with E-state index in [2.05, 4.69) is 10.1 Å². The second-order valence-electron chi connectivity index (χ2n) is 5.82. The number of benzene rings is 3. The predicted octanol–water partition coefficient (Wildman–Crippen LogP) is 4.01. The predicted molar refractivity (Wildman–Crippen MR) is 90.3 cm³/mol. The molecule has 0 amide bonds. The number of para-hydroxylation sites is 1. The van der Waals surface area contributed by atoms with Crippen molar-refractivity contribution in [2.45, 2.75) is 6.18 Å². The number of H-pyrrole nitrogens is 1. The first-order valence-electron chi connectivity index (χ1n) is 8.00. The van der Waals surface area contributed by atoms with Crippen LogP contribution in [0.2, 0.25) is 0 Å². The van der Waals surface area contributed by atoms with Crippen LogP contribution in [-0.4, -0.2) is 5.10 Å². The van der Waals surface area contributed by atoms with Gasteiger partial charge in [0.2, 0.25) is 10.6 Å². The zero-order valence-corrected chi connectivity index (χ0v) is 13.5. The summed E-state index contributed by atoms with van der Waals surface area (Å²) < 4.78 is 41.0. The molecule has 1 N–H and O–H groups in total. The Balaban J connectivity index is 2.02. The monoisotopic (exact) mass is 353 g/mol. The van der Waals surface area contributed by atoms with Crippen molar-refractivity contribution in [2.24, 2.45) is 0 Å². The van der Waals surface area contributed by atoms with Crippen molar-refractivity contribution in [1.82, 2.24) is 5.10 Å². The van der Waals surface area contributed by atoms with Crippen molar-refractivity contribution < 1.29 is 22.8 Å². The molecule has 4 aromatic rings. The van der Waals surface area contributed by atoms with Crippen molar-refractivity contribution in [3.63, 3.8) is 0 Å². The van der Waals surface area contributed by atoms with Crippen LogP contribution in [0.1, 0.15) is 5.56 Å². The number of alkyl halides is 3. The Morgan fingerprint density at radius 1 is 0.808 bits per heavy atom. The van der Waals surface area contributed by atoms with Crippen LogP contribution in [0.3, 0.4) is 0 Å². The minimum absolute atomic E-state index is 0.353. The number of nitrogens with one attached hydrogen (secondary N) is 1. The van der Waals surface area contributed by atoms with Crippen LogP contribution < -0.4 is 9.67 Å². The number of halogens is 3. The summed E-state index contributed by atoms with van der Waals surface area (Å²) in [5, 5.41) is 4.56. The lowest BCUT2D eigenvalue weighted by Gasteiger charge is -2.05. The molecular weight excluding hydrogens is 339 g/mol. The van der Waals surface area contributed by atoms with Crippen molar-refractivity contribution >= 4 is 11.0 Å². The van der Waals surface area contributed by atoms with Gasteiger partial charge >= 0.3 is 17.5 Å². The van der Waals surface area contributed by atoms with Gasteiger partial charge in [-0.25, -0.2) is 4.98 Å². The summed E-state index contributed by atoms with van der Waals surface area (Å²) in [6, 6.07) is 22.2. The molecule has 0 aliphatic heterocycles. The molecule has 0 saturated heterocycles. The highest BCUT2D eigenvalue weighted by Crippen LogP contribution is 2.30. The smallest absolute Gasteiger partial charge is 0.225 e. The quantitative estimate of drug-likeness (QED) is 0.501. The Hall–Kier alpha value is -3.28. The van der Waals surface area contributed by atoms with E-state index in [1.165, 1.54) is 10.7 Å². The molecule has 0 atom stereocenters. The topological polar surface area (TPSA) is 30.9 Å². The van der Waals surface area contributed by atoms with Gasteiger partial charge in [-0.2, -0.15) is 13.2 Å². The van der Waals surface area contributed by atoms with Gasteiger partial charge in [0.05, 0.1) is 15.8 Å². The van der Waals surface area contributed by atoms with E-state index >= 15 is 0 Å². The number of aromatic amines is 1. The highest BCUT2D eigenvalue weighted by atomic mass is 19.4. The molecule has 0 fully saturated rings. The second-order valence-corrected chi connectivity index (χ2v) is 5.82. The molecule has 0 bridgehead atoms. The molecule has 1 heterocycles. The van der Waals surface area contributed by atoms with E-state index in [1.807, 2.05) is 60.7 Å². The van der Waals surface area contributed by atoms with Gasteiger partial charge in [0, 0.05) is 18.2 Å². The largest absolute Gasteiger partial charge is 0.416 e. The summed E-state index contributed by atoms with van der Waals surface area (Å²) in [5.41, 5.74) is 1.74. The third-order valence-corrected chi connectivity index (χ3v) is 4.05. The molecule has 6 heteroatoms. The minimum atomic E-state index is -4.42. The van der Waals surface area contributed by atoms with Gasteiger partial charge in [-0.1, -0.05) is 36.4 Å². The van der Waals surface area contributed by atoms with E-state index in [0.29, 0.717) is 22.5 Å². The zero-order valence-electron chi connectivity index (χ0n) is 13.5. The SMILES string of the molecule is FC(F)(F)c1ccc2[nH+]c(-c3ccccc3)n[n+](-c3ccccc3)c2c1. The molecule has 128 valence electrons. The van der Waals surface area contributed by atoms with Crippen LogP contribution in [0.5, 0.6) is 0 Å². The van der Waals surface area contributed by atoms with Gasteiger partial charge in [0.1, 0.15) is 0 Å². The molecule has 3 nitrogen and oxygen atoms in total. The second kappa shape index (κ2) is 6.22. The number of hydrogen-bond donors (Lipinski definition) is 0. The molecule has 0 aliphatic rings. The van der Waals surface area contributed by atoms with Crippen LogP contribution >= 0.6 is 0 Å². The average Bonchev–Trinajstić information content (AvgIpc) is 2.67. The van der Waals surface area contributed by atoms with Crippen LogP contribution in [0, 0.1) is 0 Å². The van der Waals surface area contributed by atoms with Gasteiger partial charge in [-0.15, -0.1) is 0 Å². The van der Waals surface area contributed by atoms with Gasteiger partial charge in [-0.3, -0.25) is 0 Å². The molecule has 0 spiro atoms. The molecular formula is C20H14F3N3+2. The summed E-state index contributed by atoms with van der Waals surface area (Å²) in [6.07, 6.45) is -4.42. The van der Waals surface area contributed by atoms with Crippen molar-refractivity contribution in [3.8, 4) is 17.1 Å². The summed E-state index contributed by atoms with van der Waals surface area (Å²) in [4.78, 5) is 3.13. The molecule has 1 aromatic heterocycles. The minimum Gasteiger partial charge on any atom is -0.225 e. The maximum Gasteiger partial charge on any atom is 0.416 e. The molecule has 26 heavy (non-hydrogen) atoms. The lowest BCUT2D eigenvalue weighted by atomic mass is 10.1. The van der Waals surface area contributed by atoms with Gasteiger partial charge in [0.15, 0.2) is 0 Å². The first kappa shape index (κ1) is 16.2. The highest BCUT2D eigenvalue weighted by Gasteiger charge is 2.34. The van der Waals surface area contributed by atoms with E-state index in [-0.39, 0.29) is 0 Å². The fourth-order valence-electron chi connectivity index (χ4n) is 2.79. The Morgan fingerprint density at radius 3 is 2.12 bits per heavy atom. The highest BCUT2D eigenvalue weighted by molar-refractivity contribution is 5.70. The molecule has 0 radical (unpaired) electrons. The number of nitrogens with zero attached hydrogens (tertiary/aromatic N) is 2. The summed E-state index contributed by atoms with van der Waals surface area (Å²) in [5.74, 6) is 0.571.